The monoisotopic (exact) mass is 469 g/mol. The maximum absolute atomic E-state index is 13.4. The molecular weight excluding hydrogens is 441 g/mol. The molecule has 1 aromatic carbocycles. The minimum atomic E-state index is -0.121. The molecule has 0 saturated heterocycles. The first-order valence-corrected chi connectivity index (χ1v) is 11.2. The van der Waals surface area contributed by atoms with E-state index < -0.39 is 0 Å². The summed E-state index contributed by atoms with van der Waals surface area (Å²) in [5.74, 6) is -0.121. The van der Waals surface area contributed by atoms with Crippen LogP contribution in [0.1, 0.15) is 49.9 Å². The molecule has 0 N–H and O–H groups in total. The van der Waals surface area contributed by atoms with Gasteiger partial charge >= 0.3 is 0 Å². The standard InChI is InChI=1S/C21H28ClN5OS.ClH/c1-6-25(7-2)10-11-26(20(28)18-12-15(5)27(24-18)14(3)4)21-23-17-9-8-16(22)13-19(17)29-21;/h8-9,12-14H,6-7,10-11H2,1-5H3;1H. The second-order valence-corrected chi connectivity index (χ2v) is 8.75. The molecule has 3 rings (SSSR count). The van der Waals surface area contributed by atoms with E-state index in [1.807, 2.05) is 35.9 Å². The highest BCUT2D eigenvalue weighted by Gasteiger charge is 2.25. The van der Waals surface area contributed by atoms with Crippen molar-refractivity contribution in [3.05, 3.63) is 40.7 Å². The highest BCUT2D eigenvalue weighted by Crippen LogP contribution is 2.31. The Labute approximate surface area is 193 Å². The van der Waals surface area contributed by atoms with E-state index in [9.17, 15) is 4.79 Å². The van der Waals surface area contributed by atoms with Crippen molar-refractivity contribution >= 4 is 56.6 Å². The van der Waals surface area contributed by atoms with Crippen LogP contribution in [-0.4, -0.2) is 51.8 Å². The third-order valence-corrected chi connectivity index (χ3v) is 6.26. The summed E-state index contributed by atoms with van der Waals surface area (Å²) in [5, 5.41) is 5.90. The largest absolute Gasteiger partial charge is 0.302 e. The number of fused-ring (bicyclic) bond motifs is 1. The molecule has 0 saturated carbocycles. The minimum absolute atomic E-state index is 0. The average molecular weight is 470 g/mol. The molecule has 0 radical (unpaired) electrons. The molecule has 1 amide bonds. The first-order valence-electron chi connectivity index (χ1n) is 10.0. The van der Waals surface area contributed by atoms with Gasteiger partial charge in [0.25, 0.3) is 5.91 Å². The van der Waals surface area contributed by atoms with E-state index >= 15 is 0 Å². The normalized spacial score (nSPS) is 11.3. The van der Waals surface area contributed by atoms with Gasteiger partial charge in [0.05, 0.1) is 10.2 Å². The van der Waals surface area contributed by atoms with Gasteiger partial charge in [-0.3, -0.25) is 14.4 Å². The molecule has 30 heavy (non-hydrogen) atoms. The van der Waals surface area contributed by atoms with Gasteiger partial charge in [0.1, 0.15) is 0 Å². The van der Waals surface area contributed by atoms with Crippen LogP contribution in [0.4, 0.5) is 5.13 Å². The van der Waals surface area contributed by atoms with Crippen LogP contribution in [-0.2, 0) is 0 Å². The maximum atomic E-state index is 13.4. The molecule has 0 aliphatic carbocycles. The molecule has 0 fully saturated rings. The zero-order valence-corrected chi connectivity index (χ0v) is 20.4. The Hall–Kier alpha value is -1.67. The Morgan fingerprint density at radius 3 is 2.50 bits per heavy atom. The third kappa shape index (κ3) is 5.32. The number of aryl methyl sites for hydroxylation is 1. The van der Waals surface area contributed by atoms with Gasteiger partial charge in [-0.25, -0.2) is 4.98 Å². The Balaban J connectivity index is 0.00000320. The lowest BCUT2D eigenvalue weighted by Crippen LogP contribution is -2.39. The van der Waals surface area contributed by atoms with Crippen molar-refractivity contribution in [3.63, 3.8) is 0 Å². The highest BCUT2D eigenvalue weighted by molar-refractivity contribution is 7.22. The van der Waals surface area contributed by atoms with Crippen LogP contribution in [0, 0.1) is 6.92 Å². The molecule has 2 aromatic heterocycles. The third-order valence-electron chi connectivity index (χ3n) is 4.98. The van der Waals surface area contributed by atoms with Crippen LogP contribution < -0.4 is 4.90 Å². The van der Waals surface area contributed by atoms with E-state index in [0.29, 0.717) is 22.4 Å². The average Bonchev–Trinajstić information content (AvgIpc) is 3.28. The number of rotatable bonds is 8. The van der Waals surface area contributed by atoms with E-state index in [4.69, 9.17) is 16.6 Å². The van der Waals surface area contributed by atoms with E-state index in [2.05, 4.69) is 37.7 Å². The van der Waals surface area contributed by atoms with Crippen LogP contribution in [0.3, 0.4) is 0 Å². The molecule has 6 nitrogen and oxygen atoms in total. The second-order valence-electron chi connectivity index (χ2n) is 7.30. The number of thiazole rings is 1. The number of hydrogen-bond acceptors (Lipinski definition) is 5. The quantitative estimate of drug-likeness (QED) is 0.440. The number of aromatic nitrogens is 3. The summed E-state index contributed by atoms with van der Waals surface area (Å²) in [5.41, 5.74) is 2.27. The van der Waals surface area contributed by atoms with E-state index in [1.54, 1.807) is 4.90 Å². The van der Waals surface area contributed by atoms with Crippen molar-refractivity contribution in [1.82, 2.24) is 19.7 Å². The van der Waals surface area contributed by atoms with Crippen LogP contribution in [0.15, 0.2) is 24.3 Å². The first kappa shape index (κ1) is 24.6. The summed E-state index contributed by atoms with van der Waals surface area (Å²) in [6, 6.07) is 7.66. The predicted molar refractivity (Wildman–Crippen MR) is 129 cm³/mol. The molecule has 0 bridgehead atoms. The van der Waals surface area contributed by atoms with E-state index in [0.717, 1.165) is 35.5 Å². The SMILES string of the molecule is CCN(CC)CCN(C(=O)c1cc(C)n(C(C)C)n1)c1nc2ccc(Cl)cc2s1.Cl. The maximum Gasteiger partial charge on any atom is 0.280 e. The number of amides is 1. The number of carbonyl (C=O) groups excluding carboxylic acids is 1. The smallest absolute Gasteiger partial charge is 0.280 e. The molecule has 0 atom stereocenters. The van der Waals surface area contributed by atoms with Crippen LogP contribution in [0.5, 0.6) is 0 Å². The minimum Gasteiger partial charge on any atom is -0.302 e. The first-order chi connectivity index (χ1) is 13.8. The fraction of sp³-hybridized carbons (Fsp3) is 0.476. The van der Waals surface area contributed by atoms with Gasteiger partial charge in [-0.1, -0.05) is 36.8 Å². The fourth-order valence-corrected chi connectivity index (χ4v) is 4.59. The van der Waals surface area contributed by atoms with E-state index in [-0.39, 0.29) is 24.4 Å². The molecule has 0 unspecified atom stereocenters. The van der Waals surface area contributed by atoms with Crippen LogP contribution in [0.2, 0.25) is 5.02 Å². The van der Waals surface area contributed by atoms with Gasteiger partial charge in [-0.15, -0.1) is 12.4 Å². The summed E-state index contributed by atoms with van der Waals surface area (Å²) in [7, 11) is 0. The van der Waals surface area contributed by atoms with Crippen LogP contribution in [0.25, 0.3) is 10.2 Å². The zero-order valence-electron chi connectivity index (χ0n) is 18.1. The Kier molecular flexibility index (Phi) is 8.67. The molecule has 164 valence electrons. The summed E-state index contributed by atoms with van der Waals surface area (Å²) < 4.78 is 2.85. The predicted octanol–water partition coefficient (Wildman–Crippen LogP) is 5.45. The van der Waals surface area contributed by atoms with Crippen molar-refractivity contribution in [2.75, 3.05) is 31.1 Å². The van der Waals surface area contributed by atoms with Gasteiger partial charge in [0.2, 0.25) is 0 Å². The van der Waals surface area contributed by atoms with Crippen molar-refractivity contribution in [2.45, 2.75) is 40.7 Å². The molecule has 0 aliphatic heterocycles. The second kappa shape index (κ2) is 10.6. The molecule has 0 spiro atoms. The molecular formula is C21H29Cl2N5OS. The van der Waals surface area contributed by atoms with Gasteiger partial charge in [-0.05, 0) is 58.1 Å². The topological polar surface area (TPSA) is 54.3 Å². The molecule has 0 aliphatic rings. The molecule has 3 aromatic rings. The summed E-state index contributed by atoms with van der Waals surface area (Å²) in [4.78, 5) is 22.2. The number of nitrogens with zero attached hydrogens (tertiary/aromatic N) is 5. The summed E-state index contributed by atoms with van der Waals surface area (Å²) in [6.07, 6.45) is 0. The van der Waals surface area contributed by atoms with Crippen molar-refractivity contribution in [2.24, 2.45) is 0 Å². The fourth-order valence-electron chi connectivity index (χ4n) is 3.32. The van der Waals surface area contributed by atoms with Gasteiger partial charge < -0.3 is 4.90 Å². The van der Waals surface area contributed by atoms with Crippen molar-refractivity contribution < 1.29 is 4.79 Å². The van der Waals surface area contributed by atoms with Crippen molar-refractivity contribution in [1.29, 1.82) is 0 Å². The Bertz CT molecular complexity index is 997. The number of hydrogen-bond donors (Lipinski definition) is 0. The number of anilines is 1. The number of carbonyl (C=O) groups is 1. The Morgan fingerprint density at radius 1 is 1.20 bits per heavy atom. The highest BCUT2D eigenvalue weighted by atomic mass is 35.5. The zero-order chi connectivity index (χ0) is 21.1. The van der Waals surface area contributed by atoms with E-state index in [1.165, 1.54) is 11.3 Å². The van der Waals surface area contributed by atoms with Gasteiger partial charge in [0.15, 0.2) is 10.8 Å². The number of halogens is 2. The van der Waals surface area contributed by atoms with Crippen LogP contribution >= 0.6 is 35.3 Å². The lowest BCUT2D eigenvalue weighted by molar-refractivity contribution is 0.0978. The Morgan fingerprint density at radius 2 is 1.90 bits per heavy atom. The van der Waals surface area contributed by atoms with Gasteiger partial charge in [-0.2, -0.15) is 5.10 Å². The number of benzene rings is 1. The summed E-state index contributed by atoms with van der Waals surface area (Å²) >= 11 is 7.62. The summed E-state index contributed by atoms with van der Waals surface area (Å²) in [6.45, 7) is 13.6. The van der Waals surface area contributed by atoms with Gasteiger partial charge in [0, 0.05) is 29.8 Å². The molecule has 9 heteroatoms. The number of likely N-dealkylation sites (N-methyl/N-ethyl adjacent to an activating group) is 1. The lowest BCUT2D eigenvalue weighted by Gasteiger charge is -2.24. The molecule has 2 heterocycles. The van der Waals surface area contributed by atoms with Crippen molar-refractivity contribution in [3.8, 4) is 0 Å². The lowest BCUT2D eigenvalue weighted by atomic mass is 10.3.